The summed E-state index contributed by atoms with van der Waals surface area (Å²) in [4.78, 5) is 23.8. The number of aromatic amines is 1. The summed E-state index contributed by atoms with van der Waals surface area (Å²) in [7, 11) is 1.44. The third-order valence-electron chi connectivity index (χ3n) is 3.33. The lowest BCUT2D eigenvalue weighted by Crippen LogP contribution is -2.32. The van der Waals surface area contributed by atoms with Crippen LogP contribution in [0, 0.1) is 13.8 Å². The number of carbonyl (C=O) groups excluding carboxylic acids is 1. The second-order valence-corrected chi connectivity index (χ2v) is 5.02. The molecule has 0 radical (unpaired) electrons. The van der Waals surface area contributed by atoms with Crippen LogP contribution in [0.3, 0.4) is 0 Å². The number of amides is 1. The zero-order valence-electron chi connectivity index (χ0n) is 12.2. The maximum atomic E-state index is 12.0. The number of hydrogen-bond donors (Lipinski definition) is 2. The largest absolute Gasteiger partial charge is 0.480 e. The van der Waals surface area contributed by atoms with Crippen molar-refractivity contribution in [2.75, 3.05) is 13.6 Å². The highest BCUT2D eigenvalue weighted by atomic mass is 16.4. The molecule has 110 valence electrons. The van der Waals surface area contributed by atoms with Crippen LogP contribution in [0.15, 0.2) is 24.3 Å². The number of nitrogens with zero attached hydrogens (tertiary/aromatic N) is 2. The molecule has 0 spiro atoms. The third-order valence-corrected chi connectivity index (χ3v) is 3.33. The number of carboxylic acid groups (broad SMARTS) is 1. The Morgan fingerprint density at radius 2 is 1.95 bits per heavy atom. The number of nitrogens with one attached hydrogen (secondary N) is 1. The Kier molecular flexibility index (Phi) is 4.07. The highest BCUT2D eigenvalue weighted by molar-refractivity contribution is 5.94. The van der Waals surface area contributed by atoms with Crippen LogP contribution >= 0.6 is 0 Å². The Balaban J connectivity index is 2.23. The molecule has 1 aromatic carbocycles. The molecule has 2 rings (SSSR count). The van der Waals surface area contributed by atoms with Crippen molar-refractivity contribution in [3.63, 3.8) is 0 Å². The zero-order valence-corrected chi connectivity index (χ0v) is 12.2. The molecule has 0 aliphatic carbocycles. The number of carboxylic acids is 1. The average Bonchev–Trinajstić information content (AvgIpc) is 2.89. The first-order chi connectivity index (χ1) is 9.88. The van der Waals surface area contributed by atoms with Crippen LogP contribution in [0.4, 0.5) is 0 Å². The van der Waals surface area contributed by atoms with E-state index in [1.54, 1.807) is 6.07 Å². The summed E-state index contributed by atoms with van der Waals surface area (Å²) in [6, 6.07) is 7.57. The fourth-order valence-electron chi connectivity index (χ4n) is 1.96. The highest BCUT2D eigenvalue weighted by Crippen LogP contribution is 2.21. The van der Waals surface area contributed by atoms with Gasteiger partial charge in [0.1, 0.15) is 12.2 Å². The molecule has 2 N–H and O–H groups in total. The molecule has 6 nitrogen and oxygen atoms in total. The van der Waals surface area contributed by atoms with E-state index in [-0.39, 0.29) is 12.2 Å². The minimum atomic E-state index is -1.06. The monoisotopic (exact) mass is 287 g/mol. The van der Waals surface area contributed by atoms with Crippen LogP contribution < -0.4 is 0 Å². The van der Waals surface area contributed by atoms with Gasteiger partial charge in [-0.15, -0.1) is 0 Å². The predicted molar refractivity (Wildman–Crippen MR) is 78.1 cm³/mol. The minimum Gasteiger partial charge on any atom is -0.480 e. The van der Waals surface area contributed by atoms with Gasteiger partial charge in [0, 0.05) is 12.6 Å². The molecular formula is C15H17N3O3. The van der Waals surface area contributed by atoms with Crippen molar-refractivity contribution < 1.29 is 14.7 Å². The topological polar surface area (TPSA) is 86.3 Å². The standard InChI is InChI=1S/C15H17N3O3/c1-9-4-5-11(6-10(9)2)12-7-13(17-16-12)15(21)18(3)8-14(19)20/h4-7H,8H2,1-3H3,(H,16,17)(H,19,20). The maximum absolute atomic E-state index is 12.0. The maximum Gasteiger partial charge on any atom is 0.323 e. The Labute approximate surface area is 122 Å². The fourth-order valence-corrected chi connectivity index (χ4v) is 1.96. The molecule has 2 aromatic rings. The normalized spacial score (nSPS) is 10.4. The van der Waals surface area contributed by atoms with Gasteiger partial charge >= 0.3 is 5.97 Å². The Morgan fingerprint density at radius 1 is 1.24 bits per heavy atom. The summed E-state index contributed by atoms with van der Waals surface area (Å²) in [5, 5.41) is 15.5. The van der Waals surface area contributed by atoms with E-state index in [0.717, 1.165) is 16.0 Å². The Hall–Kier alpha value is -2.63. The van der Waals surface area contributed by atoms with Crippen molar-refractivity contribution in [1.82, 2.24) is 15.1 Å². The summed E-state index contributed by atoms with van der Waals surface area (Å²) < 4.78 is 0. The lowest BCUT2D eigenvalue weighted by Gasteiger charge is -2.12. The lowest BCUT2D eigenvalue weighted by molar-refractivity contribution is -0.137. The molecule has 21 heavy (non-hydrogen) atoms. The number of benzene rings is 1. The van der Waals surface area contributed by atoms with Gasteiger partial charge in [-0.2, -0.15) is 5.10 Å². The van der Waals surface area contributed by atoms with Gasteiger partial charge < -0.3 is 10.0 Å². The van der Waals surface area contributed by atoms with Crippen molar-refractivity contribution >= 4 is 11.9 Å². The zero-order chi connectivity index (χ0) is 15.6. The highest BCUT2D eigenvalue weighted by Gasteiger charge is 2.17. The van der Waals surface area contributed by atoms with E-state index in [0.29, 0.717) is 5.69 Å². The number of aromatic nitrogens is 2. The van der Waals surface area contributed by atoms with E-state index < -0.39 is 11.9 Å². The minimum absolute atomic E-state index is 0.270. The summed E-state index contributed by atoms with van der Waals surface area (Å²) in [5.74, 6) is -1.46. The molecule has 0 fully saturated rings. The molecule has 0 bridgehead atoms. The van der Waals surface area contributed by atoms with Crippen LogP contribution in [0.25, 0.3) is 11.3 Å². The quantitative estimate of drug-likeness (QED) is 0.898. The first-order valence-corrected chi connectivity index (χ1v) is 6.49. The summed E-state index contributed by atoms with van der Waals surface area (Å²) in [6.45, 7) is 3.69. The van der Waals surface area contributed by atoms with Crippen LogP contribution in [-0.2, 0) is 4.79 Å². The number of likely N-dealkylation sites (N-methyl/N-ethyl adjacent to an activating group) is 1. The Bertz CT molecular complexity index is 691. The van der Waals surface area contributed by atoms with Crippen LogP contribution in [0.1, 0.15) is 21.6 Å². The molecule has 1 heterocycles. The summed E-state index contributed by atoms with van der Waals surface area (Å²) in [6.07, 6.45) is 0. The van der Waals surface area contributed by atoms with E-state index in [2.05, 4.69) is 10.2 Å². The second kappa shape index (κ2) is 5.78. The number of carbonyl (C=O) groups is 2. The van der Waals surface area contributed by atoms with Crippen molar-refractivity contribution in [3.05, 3.63) is 41.1 Å². The number of aryl methyl sites for hydroxylation is 2. The van der Waals surface area contributed by atoms with E-state index in [1.807, 2.05) is 32.0 Å². The van der Waals surface area contributed by atoms with Crippen molar-refractivity contribution in [3.8, 4) is 11.3 Å². The van der Waals surface area contributed by atoms with E-state index in [1.165, 1.54) is 12.6 Å². The van der Waals surface area contributed by atoms with Gasteiger partial charge in [0.05, 0.1) is 5.69 Å². The average molecular weight is 287 g/mol. The van der Waals surface area contributed by atoms with E-state index in [4.69, 9.17) is 5.11 Å². The number of H-pyrrole nitrogens is 1. The summed E-state index contributed by atoms with van der Waals surface area (Å²) >= 11 is 0. The van der Waals surface area contributed by atoms with Crippen LogP contribution in [0.5, 0.6) is 0 Å². The molecule has 1 aromatic heterocycles. The van der Waals surface area contributed by atoms with Gasteiger partial charge in [-0.3, -0.25) is 14.7 Å². The van der Waals surface area contributed by atoms with Crippen LogP contribution in [0.2, 0.25) is 0 Å². The molecule has 0 saturated heterocycles. The molecule has 6 heteroatoms. The smallest absolute Gasteiger partial charge is 0.323 e. The molecule has 0 aliphatic rings. The molecule has 1 amide bonds. The molecule has 0 unspecified atom stereocenters. The Morgan fingerprint density at radius 3 is 2.57 bits per heavy atom. The second-order valence-electron chi connectivity index (χ2n) is 5.02. The number of aliphatic carboxylic acids is 1. The van der Waals surface area contributed by atoms with Crippen molar-refractivity contribution in [2.24, 2.45) is 0 Å². The van der Waals surface area contributed by atoms with Crippen LogP contribution in [-0.4, -0.2) is 45.7 Å². The molecular weight excluding hydrogens is 270 g/mol. The fraction of sp³-hybridized carbons (Fsp3) is 0.267. The third kappa shape index (κ3) is 3.28. The lowest BCUT2D eigenvalue weighted by atomic mass is 10.0. The van der Waals surface area contributed by atoms with Gasteiger partial charge in [-0.25, -0.2) is 0 Å². The van der Waals surface area contributed by atoms with Gasteiger partial charge in [-0.1, -0.05) is 12.1 Å². The number of rotatable bonds is 4. The number of hydrogen-bond acceptors (Lipinski definition) is 3. The van der Waals surface area contributed by atoms with E-state index in [9.17, 15) is 9.59 Å². The van der Waals surface area contributed by atoms with Crippen molar-refractivity contribution in [2.45, 2.75) is 13.8 Å². The van der Waals surface area contributed by atoms with Gasteiger partial charge in [0.25, 0.3) is 5.91 Å². The summed E-state index contributed by atoms with van der Waals surface area (Å²) in [5.41, 5.74) is 4.17. The first-order valence-electron chi connectivity index (χ1n) is 6.49. The predicted octanol–water partition coefficient (Wildman–Crippen LogP) is 1.85. The van der Waals surface area contributed by atoms with E-state index >= 15 is 0 Å². The molecule has 0 atom stereocenters. The molecule has 0 saturated carbocycles. The molecule has 0 aliphatic heterocycles. The first kappa shape index (κ1) is 14.8. The van der Waals surface area contributed by atoms with Crippen molar-refractivity contribution in [1.29, 1.82) is 0 Å². The van der Waals surface area contributed by atoms with Gasteiger partial charge in [0.2, 0.25) is 0 Å². The van der Waals surface area contributed by atoms with Gasteiger partial charge in [-0.05, 0) is 37.1 Å². The SMILES string of the molecule is Cc1ccc(-c2cc(C(=O)N(C)CC(=O)O)[nH]n2)cc1C. The van der Waals surface area contributed by atoms with Gasteiger partial charge in [0.15, 0.2) is 0 Å².